The van der Waals surface area contributed by atoms with E-state index in [0.717, 1.165) is 23.9 Å². The Bertz CT molecular complexity index is 591. The van der Waals surface area contributed by atoms with Crippen LogP contribution in [0, 0.1) is 0 Å². The van der Waals surface area contributed by atoms with E-state index >= 15 is 0 Å². The Morgan fingerprint density at radius 3 is 2.46 bits per heavy atom. The zero-order valence-corrected chi connectivity index (χ0v) is 14.7. The molecule has 2 nitrogen and oxygen atoms in total. The fraction of sp³-hybridized carbons (Fsp3) is 0.471. The van der Waals surface area contributed by atoms with Crippen LogP contribution in [0.25, 0.3) is 5.57 Å². The predicted molar refractivity (Wildman–Crippen MR) is 90.6 cm³/mol. The highest BCUT2D eigenvalue weighted by Crippen LogP contribution is 2.31. The van der Waals surface area contributed by atoms with Crippen LogP contribution in [0.15, 0.2) is 30.5 Å². The van der Waals surface area contributed by atoms with Gasteiger partial charge in [-0.2, -0.15) is 24.9 Å². The summed E-state index contributed by atoms with van der Waals surface area (Å²) in [5.41, 5.74) is -0.820. The molecule has 1 N–H and O–H groups in total. The molecule has 0 aliphatic rings. The third-order valence-electron chi connectivity index (χ3n) is 2.91. The molecule has 0 saturated carbocycles. The number of allylic oxidation sites excluding steroid dienone is 1. The lowest BCUT2D eigenvalue weighted by molar-refractivity contribution is -0.137. The van der Waals surface area contributed by atoms with Gasteiger partial charge in [-0.15, -0.1) is 0 Å². The molecule has 134 valence electrons. The lowest BCUT2D eigenvalue weighted by atomic mass is 10.00. The fourth-order valence-corrected chi connectivity index (χ4v) is 2.37. The van der Waals surface area contributed by atoms with Crippen LogP contribution in [-0.4, -0.2) is 29.5 Å². The summed E-state index contributed by atoms with van der Waals surface area (Å²) in [4.78, 5) is 12.4. The van der Waals surface area contributed by atoms with Gasteiger partial charge in [-0.25, -0.2) is 0 Å². The summed E-state index contributed by atoms with van der Waals surface area (Å²) in [6.07, 6.45) is -3.04. The molecule has 1 aromatic carbocycles. The van der Waals surface area contributed by atoms with Gasteiger partial charge in [0.1, 0.15) is 0 Å². The van der Waals surface area contributed by atoms with E-state index in [1.54, 1.807) is 0 Å². The van der Waals surface area contributed by atoms with Crippen molar-refractivity contribution < 1.29 is 22.4 Å². The summed E-state index contributed by atoms with van der Waals surface area (Å²) >= 11 is 1.11. The topological polar surface area (TPSA) is 29.1 Å². The first-order valence-electron chi connectivity index (χ1n) is 7.37. The number of carbonyl (C=O) groups is 1. The van der Waals surface area contributed by atoms with E-state index < -0.39 is 18.4 Å². The van der Waals surface area contributed by atoms with E-state index in [0.29, 0.717) is 0 Å². The highest BCUT2D eigenvalue weighted by Gasteiger charge is 2.31. The van der Waals surface area contributed by atoms with Gasteiger partial charge in [0.15, 0.2) is 5.78 Å². The third kappa shape index (κ3) is 6.95. The van der Waals surface area contributed by atoms with Gasteiger partial charge < -0.3 is 5.32 Å². The average molecular weight is 363 g/mol. The number of ketones is 1. The Balaban J connectivity index is 3.15. The minimum atomic E-state index is -4.48. The number of alkyl halides is 4. The van der Waals surface area contributed by atoms with Crippen LogP contribution in [0.5, 0.6) is 0 Å². The third-order valence-corrected chi connectivity index (χ3v) is 3.81. The Labute approximate surface area is 143 Å². The van der Waals surface area contributed by atoms with Crippen molar-refractivity contribution >= 4 is 23.1 Å². The smallest absolute Gasteiger partial charge is 0.386 e. The Morgan fingerprint density at radius 2 is 1.92 bits per heavy atom. The van der Waals surface area contributed by atoms with Crippen LogP contribution in [0.2, 0.25) is 0 Å². The van der Waals surface area contributed by atoms with Crippen molar-refractivity contribution in [1.29, 1.82) is 0 Å². The van der Waals surface area contributed by atoms with Crippen LogP contribution in [-0.2, 0) is 11.0 Å². The molecule has 0 saturated heterocycles. The number of thioether (sulfide) groups is 1. The van der Waals surface area contributed by atoms with Crippen LogP contribution in [0.3, 0.4) is 0 Å². The summed E-state index contributed by atoms with van der Waals surface area (Å²) in [5, 5.41) is 3.00. The molecule has 0 aliphatic carbocycles. The molecular formula is C17H21F4NOS. The normalized spacial score (nSPS) is 13.0. The number of nitrogens with one attached hydrogen (secondary N) is 1. The first-order chi connectivity index (χ1) is 11.0. The number of halogens is 4. The molecule has 0 aromatic heterocycles. The van der Waals surface area contributed by atoms with E-state index in [1.807, 2.05) is 20.8 Å². The van der Waals surface area contributed by atoms with Crippen LogP contribution in [0.4, 0.5) is 17.6 Å². The molecule has 0 amide bonds. The first-order valence-corrected chi connectivity index (χ1v) is 8.52. The van der Waals surface area contributed by atoms with Crippen molar-refractivity contribution in [3.8, 4) is 0 Å². The average Bonchev–Trinajstić information content (AvgIpc) is 2.46. The summed E-state index contributed by atoms with van der Waals surface area (Å²) in [7, 11) is 0. The minimum absolute atomic E-state index is 0.0117. The largest absolute Gasteiger partial charge is 0.416 e. The zero-order valence-electron chi connectivity index (χ0n) is 13.8. The Morgan fingerprint density at radius 1 is 1.25 bits per heavy atom. The standard InChI is InChI=1S/C17H21F4NOS/c1-16(2,3)22-10-14(15(23)11-24-8-7-18)12-5-4-6-13(9-12)17(19,20)21/h4-6,9-10,22H,7-8,11H2,1-3H3. The highest BCUT2D eigenvalue weighted by atomic mass is 32.2. The number of Topliss-reactive ketones (excluding diaryl/α,β-unsaturated/α-hetero) is 1. The highest BCUT2D eigenvalue weighted by molar-refractivity contribution is 8.00. The molecular weight excluding hydrogens is 342 g/mol. The predicted octanol–water partition coefficient (Wildman–Crippen LogP) is 4.71. The van der Waals surface area contributed by atoms with E-state index in [-0.39, 0.29) is 34.0 Å². The number of hydrogen-bond donors (Lipinski definition) is 1. The number of carbonyl (C=O) groups excluding carboxylic acids is 1. The SMILES string of the molecule is CC(C)(C)NC=C(C(=O)CSCCF)c1cccc(C(F)(F)F)c1. The van der Waals surface area contributed by atoms with Gasteiger partial charge in [0, 0.05) is 23.1 Å². The van der Waals surface area contributed by atoms with Crippen molar-refractivity contribution in [2.24, 2.45) is 0 Å². The first kappa shape index (κ1) is 20.5. The van der Waals surface area contributed by atoms with Crippen LogP contribution in [0.1, 0.15) is 31.9 Å². The van der Waals surface area contributed by atoms with Crippen LogP contribution >= 0.6 is 11.8 Å². The minimum Gasteiger partial charge on any atom is -0.386 e. The molecule has 0 radical (unpaired) electrons. The van der Waals surface area contributed by atoms with Gasteiger partial charge >= 0.3 is 6.18 Å². The maximum absolute atomic E-state index is 12.9. The lowest BCUT2D eigenvalue weighted by Crippen LogP contribution is -2.32. The van der Waals surface area contributed by atoms with Crippen molar-refractivity contribution in [1.82, 2.24) is 5.32 Å². The second-order valence-corrected chi connectivity index (χ2v) is 7.30. The Kier molecular flexibility index (Phi) is 7.32. The molecule has 7 heteroatoms. The molecule has 0 unspecified atom stereocenters. The van der Waals surface area contributed by atoms with Gasteiger partial charge in [0.05, 0.1) is 18.0 Å². The van der Waals surface area contributed by atoms with Gasteiger partial charge in [0.25, 0.3) is 0 Å². The second kappa shape index (κ2) is 8.55. The number of benzene rings is 1. The Hall–Kier alpha value is -1.50. The summed E-state index contributed by atoms with van der Waals surface area (Å²) in [6.45, 7) is 5.06. The van der Waals surface area contributed by atoms with E-state index in [9.17, 15) is 22.4 Å². The van der Waals surface area contributed by atoms with Crippen LogP contribution < -0.4 is 5.32 Å². The molecule has 0 bridgehead atoms. The quantitative estimate of drug-likeness (QED) is 0.432. The van der Waals surface area contributed by atoms with Crippen molar-refractivity contribution in [3.05, 3.63) is 41.6 Å². The maximum atomic E-state index is 12.9. The molecule has 0 fully saturated rings. The fourth-order valence-electron chi connectivity index (χ4n) is 1.77. The van der Waals surface area contributed by atoms with Crippen molar-refractivity contribution in [3.63, 3.8) is 0 Å². The van der Waals surface area contributed by atoms with Gasteiger partial charge in [-0.1, -0.05) is 12.1 Å². The molecule has 0 spiro atoms. The monoisotopic (exact) mass is 363 g/mol. The second-order valence-electron chi connectivity index (χ2n) is 6.20. The molecule has 24 heavy (non-hydrogen) atoms. The van der Waals surface area contributed by atoms with Gasteiger partial charge in [-0.3, -0.25) is 9.18 Å². The summed E-state index contributed by atoms with van der Waals surface area (Å²) in [6, 6.07) is 4.64. The number of hydrogen-bond acceptors (Lipinski definition) is 3. The van der Waals surface area contributed by atoms with Crippen molar-refractivity contribution in [2.45, 2.75) is 32.5 Å². The van der Waals surface area contributed by atoms with E-state index in [4.69, 9.17) is 0 Å². The van der Waals surface area contributed by atoms with Gasteiger partial charge in [-0.05, 0) is 38.5 Å². The zero-order chi connectivity index (χ0) is 18.4. The summed E-state index contributed by atoms with van der Waals surface area (Å²) < 4.78 is 50.8. The molecule has 0 heterocycles. The van der Waals surface area contributed by atoms with E-state index in [1.165, 1.54) is 18.3 Å². The van der Waals surface area contributed by atoms with Crippen molar-refractivity contribution in [2.75, 3.05) is 18.2 Å². The molecule has 0 atom stereocenters. The molecule has 0 aliphatic heterocycles. The molecule has 1 rings (SSSR count). The lowest BCUT2D eigenvalue weighted by Gasteiger charge is -2.20. The van der Waals surface area contributed by atoms with Gasteiger partial charge in [0.2, 0.25) is 0 Å². The van der Waals surface area contributed by atoms with E-state index in [2.05, 4.69) is 5.32 Å². The summed E-state index contributed by atoms with van der Waals surface area (Å²) in [5.74, 6) is -0.156. The number of rotatable bonds is 7. The molecule has 1 aromatic rings. The maximum Gasteiger partial charge on any atom is 0.416 e.